The van der Waals surface area contributed by atoms with Gasteiger partial charge in [0.25, 0.3) is 0 Å². The van der Waals surface area contributed by atoms with Gasteiger partial charge in [-0.1, -0.05) is 15.9 Å². The predicted molar refractivity (Wildman–Crippen MR) is 78.9 cm³/mol. The number of benzene rings is 1. The monoisotopic (exact) mass is 345 g/mol. The van der Waals surface area contributed by atoms with Gasteiger partial charge in [0.15, 0.2) is 0 Å². The van der Waals surface area contributed by atoms with Gasteiger partial charge in [-0.05, 0) is 24.3 Å². The molecule has 1 aromatic carbocycles. The Labute approximate surface area is 127 Å². The van der Waals surface area contributed by atoms with Crippen molar-refractivity contribution in [3.63, 3.8) is 0 Å². The summed E-state index contributed by atoms with van der Waals surface area (Å²) in [6.45, 7) is 1.95. The van der Waals surface area contributed by atoms with Gasteiger partial charge in [0, 0.05) is 30.6 Å². The molecule has 6 heteroatoms. The highest BCUT2D eigenvalue weighted by Crippen LogP contribution is 2.17. The van der Waals surface area contributed by atoms with E-state index < -0.39 is 11.7 Å². The predicted octanol–water partition coefficient (Wildman–Crippen LogP) is 0.930. The van der Waals surface area contributed by atoms with Crippen molar-refractivity contribution >= 4 is 15.9 Å². The number of ether oxygens (including phenoxy) is 2. The van der Waals surface area contributed by atoms with E-state index in [0.717, 1.165) is 10.2 Å². The van der Waals surface area contributed by atoms with Gasteiger partial charge in [0.2, 0.25) is 0 Å². The van der Waals surface area contributed by atoms with Gasteiger partial charge < -0.3 is 25.0 Å². The van der Waals surface area contributed by atoms with Crippen LogP contribution in [0.25, 0.3) is 0 Å². The fourth-order valence-electron chi connectivity index (χ4n) is 1.99. The van der Waals surface area contributed by atoms with Crippen LogP contribution >= 0.6 is 15.9 Å². The maximum Gasteiger partial charge on any atom is 0.119 e. The maximum absolute atomic E-state index is 10.0. The van der Waals surface area contributed by atoms with Crippen molar-refractivity contribution in [3.05, 3.63) is 28.7 Å². The van der Waals surface area contributed by atoms with Crippen molar-refractivity contribution in [1.29, 1.82) is 0 Å². The van der Waals surface area contributed by atoms with Crippen molar-refractivity contribution < 1.29 is 19.7 Å². The smallest absolute Gasteiger partial charge is 0.119 e. The van der Waals surface area contributed by atoms with Gasteiger partial charge >= 0.3 is 0 Å². The summed E-state index contributed by atoms with van der Waals surface area (Å²) in [7, 11) is 0. The Morgan fingerprint density at radius 2 is 2.15 bits per heavy atom. The Balaban J connectivity index is 1.62. The van der Waals surface area contributed by atoms with Crippen LogP contribution in [0.1, 0.15) is 6.42 Å². The first-order valence-corrected chi connectivity index (χ1v) is 7.44. The molecule has 0 amide bonds. The molecule has 0 spiro atoms. The Kier molecular flexibility index (Phi) is 5.80. The van der Waals surface area contributed by atoms with Gasteiger partial charge in [-0.25, -0.2) is 0 Å². The second-order valence-corrected chi connectivity index (χ2v) is 5.99. The van der Waals surface area contributed by atoms with Crippen LogP contribution in [0.4, 0.5) is 0 Å². The molecule has 0 saturated carbocycles. The summed E-state index contributed by atoms with van der Waals surface area (Å²) in [6, 6.07) is 7.44. The normalized spacial score (nSPS) is 23.8. The largest absolute Gasteiger partial charge is 0.491 e. The lowest BCUT2D eigenvalue weighted by molar-refractivity contribution is 0.0226. The van der Waals surface area contributed by atoms with E-state index in [9.17, 15) is 10.2 Å². The van der Waals surface area contributed by atoms with E-state index >= 15 is 0 Å². The van der Waals surface area contributed by atoms with E-state index in [4.69, 9.17) is 9.47 Å². The number of aliphatic hydroxyl groups excluding tert-OH is 1. The van der Waals surface area contributed by atoms with Crippen molar-refractivity contribution in [2.75, 3.05) is 32.9 Å². The van der Waals surface area contributed by atoms with E-state index in [-0.39, 0.29) is 6.61 Å². The zero-order valence-electron chi connectivity index (χ0n) is 11.2. The molecule has 1 heterocycles. The molecule has 112 valence electrons. The molecule has 0 aliphatic carbocycles. The van der Waals surface area contributed by atoms with Crippen LogP contribution in [0, 0.1) is 0 Å². The van der Waals surface area contributed by atoms with E-state index in [1.54, 1.807) is 0 Å². The van der Waals surface area contributed by atoms with Crippen LogP contribution in [0.2, 0.25) is 0 Å². The quantitative estimate of drug-likeness (QED) is 0.685. The molecule has 1 aliphatic rings. The summed E-state index contributed by atoms with van der Waals surface area (Å²) in [5.74, 6) is 0.718. The third-order valence-corrected chi connectivity index (χ3v) is 3.70. The first-order chi connectivity index (χ1) is 9.57. The Morgan fingerprint density at radius 1 is 1.40 bits per heavy atom. The third kappa shape index (κ3) is 5.03. The molecular weight excluding hydrogens is 326 g/mol. The summed E-state index contributed by atoms with van der Waals surface area (Å²) in [5.41, 5.74) is -0.799. The average Bonchev–Trinajstić information content (AvgIpc) is 2.85. The molecule has 2 unspecified atom stereocenters. The standard InChI is InChI=1S/C14H20BrNO4/c15-11-1-3-13(4-2-11)20-8-12(17)7-16-9-14(18)5-6-19-10-14/h1-4,12,16-18H,5-10H2. The number of nitrogens with one attached hydrogen (secondary N) is 1. The second kappa shape index (κ2) is 7.38. The summed E-state index contributed by atoms with van der Waals surface area (Å²) in [4.78, 5) is 0. The fourth-order valence-corrected chi connectivity index (χ4v) is 2.25. The number of aliphatic hydroxyl groups is 2. The third-order valence-electron chi connectivity index (χ3n) is 3.17. The topological polar surface area (TPSA) is 71.0 Å². The molecule has 1 aliphatic heterocycles. The minimum Gasteiger partial charge on any atom is -0.491 e. The molecule has 2 rings (SSSR count). The molecule has 1 saturated heterocycles. The van der Waals surface area contributed by atoms with E-state index in [2.05, 4.69) is 21.2 Å². The summed E-state index contributed by atoms with van der Waals surface area (Å²) in [6.07, 6.45) is 0.00967. The van der Waals surface area contributed by atoms with Crippen molar-refractivity contribution in [2.45, 2.75) is 18.1 Å². The zero-order chi connectivity index (χ0) is 14.4. The lowest BCUT2D eigenvalue weighted by atomic mass is 10.0. The molecule has 20 heavy (non-hydrogen) atoms. The molecule has 5 nitrogen and oxygen atoms in total. The summed E-state index contributed by atoms with van der Waals surface area (Å²) in [5, 5.41) is 22.9. The van der Waals surface area contributed by atoms with Gasteiger partial charge in [0.05, 0.1) is 6.61 Å². The Hall–Kier alpha value is -0.660. The maximum atomic E-state index is 10.0. The first kappa shape index (κ1) is 15.7. The average molecular weight is 346 g/mol. The van der Waals surface area contributed by atoms with Gasteiger partial charge in [0.1, 0.15) is 24.1 Å². The number of halogens is 1. The molecular formula is C14H20BrNO4. The SMILES string of the molecule is OC(CNCC1(O)CCOC1)COc1ccc(Br)cc1. The number of hydrogen-bond acceptors (Lipinski definition) is 5. The number of hydrogen-bond donors (Lipinski definition) is 3. The second-order valence-electron chi connectivity index (χ2n) is 5.08. The molecule has 3 N–H and O–H groups in total. The van der Waals surface area contributed by atoms with Gasteiger partial charge in [-0.3, -0.25) is 0 Å². The van der Waals surface area contributed by atoms with Crippen molar-refractivity contribution in [2.24, 2.45) is 0 Å². The van der Waals surface area contributed by atoms with E-state index in [1.165, 1.54) is 0 Å². The van der Waals surface area contributed by atoms with E-state index in [1.807, 2.05) is 24.3 Å². The lowest BCUT2D eigenvalue weighted by Gasteiger charge is -2.22. The van der Waals surface area contributed by atoms with Crippen LogP contribution in [0.5, 0.6) is 5.75 Å². The molecule has 0 radical (unpaired) electrons. The van der Waals surface area contributed by atoms with Crippen LogP contribution in [0.3, 0.4) is 0 Å². The van der Waals surface area contributed by atoms with Crippen LogP contribution in [-0.2, 0) is 4.74 Å². The number of rotatable bonds is 7. The van der Waals surface area contributed by atoms with Crippen molar-refractivity contribution in [3.8, 4) is 5.75 Å². The zero-order valence-corrected chi connectivity index (χ0v) is 12.8. The van der Waals surface area contributed by atoms with E-state index in [0.29, 0.717) is 32.7 Å². The molecule has 2 atom stereocenters. The highest BCUT2D eigenvalue weighted by atomic mass is 79.9. The highest BCUT2D eigenvalue weighted by molar-refractivity contribution is 9.10. The van der Waals surface area contributed by atoms with Crippen LogP contribution < -0.4 is 10.1 Å². The van der Waals surface area contributed by atoms with Gasteiger partial charge in [-0.15, -0.1) is 0 Å². The van der Waals surface area contributed by atoms with Gasteiger partial charge in [-0.2, -0.15) is 0 Å². The highest BCUT2D eigenvalue weighted by Gasteiger charge is 2.31. The molecule has 1 aromatic rings. The summed E-state index contributed by atoms with van der Waals surface area (Å²) >= 11 is 3.35. The minimum atomic E-state index is -0.799. The Bertz CT molecular complexity index is 406. The Morgan fingerprint density at radius 3 is 2.80 bits per heavy atom. The summed E-state index contributed by atoms with van der Waals surface area (Å²) < 4.78 is 11.6. The molecule has 0 bridgehead atoms. The van der Waals surface area contributed by atoms with Crippen LogP contribution in [0.15, 0.2) is 28.7 Å². The minimum absolute atomic E-state index is 0.212. The van der Waals surface area contributed by atoms with Crippen LogP contribution in [-0.4, -0.2) is 54.8 Å². The molecule has 1 fully saturated rings. The lowest BCUT2D eigenvalue weighted by Crippen LogP contribution is -2.44. The van der Waals surface area contributed by atoms with Crippen molar-refractivity contribution in [1.82, 2.24) is 5.32 Å². The fraction of sp³-hybridized carbons (Fsp3) is 0.571. The molecule has 0 aromatic heterocycles. The first-order valence-electron chi connectivity index (χ1n) is 6.65.